The zero-order chi connectivity index (χ0) is 23.4. The lowest BCUT2D eigenvalue weighted by Gasteiger charge is -2.34. The van der Waals surface area contributed by atoms with Crippen molar-refractivity contribution in [2.24, 2.45) is 0 Å². The predicted molar refractivity (Wildman–Crippen MR) is 124 cm³/mol. The molecule has 2 aromatic carbocycles. The van der Waals surface area contributed by atoms with Crippen molar-refractivity contribution < 1.29 is 18.7 Å². The molecule has 0 saturated carbocycles. The number of benzene rings is 2. The molecule has 1 aliphatic heterocycles. The van der Waals surface area contributed by atoms with E-state index in [2.05, 4.69) is 4.90 Å². The molecule has 4 rings (SSSR count). The van der Waals surface area contributed by atoms with Gasteiger partial charge in [0.1, 0.15) is 11.6 Å². The highest BCUT2D eigenvalue weighted by Gasteiger charge is 2.24. The quantitative estimate of drug-likeness (QED) is 0.517. The van der Waals surface area contributed by atoms with Crippen LogP contribution < -0.4 is 4.74 Å². The molecule has 1 amide bonds. The summed E-state index contributed by atoms with van der Waals surface area (Å²) in [5.74, 6) is 0.381. The first-order valence-electron chi connectivity index (χ1n) is 11.1. The van der Waals surface area contributed by atoms with Gasteiger partial charge in [-0.05, 0) is 56.3 Å². The van der Waals surface area contributed by atoms with Gasteiger partial charge in [0, 0.05) is 48.8 Å². The molecule has 172 valence electrons. The van der Waals surface area contributed by atoms with Gasteiger partial charge in [-0.25, -0.2) is 4.39 Å². The summed E-state index contributed by atoms with van der Waals surface area (Å²) in [6, 6.07) is 17.4. The molecule has 2 heterocycles. The number of aryl methyl sites for hydroxylation is 1. The zero-order valence-corrected chi connectivity index (χ0v) is 19.0. The highest BCUT2D eigenvalue weighted by molar-refractivity contribution is 5.99. The number of nitrogens with zero attached hydrogens (tertiary/aromatic N) is 3. The maximum Gasteiger partial charge on any atom is 0.260 e. The van der Waals surface area contributed by atoms with Crippen LogP contribution in [0.5, 0.6) is 5.75 Å². The molecule has 33 heavy (non-hydrogen) atoms. The lowest BCUT2D eigenvalue weighted by atomic mass is 10.1. The highest BCUT2D eigenvalue weighted by Crippen LogP contribution is 2.22. The Morgan fingerprint density at radius 3 is 2.27 bits per heavy atom. The standard InChI is InChI=1S/C26H28FN3O3/c1-19-16-24(20(2)30(19)22-10-8-21(27)9-11-22)25(31)17-28-12-14-29(15-13-28)26(32)18-33-23-6-4-3-5-7-23/h3-11,16H,12-15,17-18H2,1-2H3. The van der Waals surface area contributed by atoms with Crippen LogP contribution in [0.25, 0.3) is 5.69 Å². The lowest BCUT2D eigenvalue weighted by Crippen LogP contribution is -2.51. The number of halogens is 1. The van der Waals surface area contributed by atoms with E-state index in [1.807, 2.05) is 54.8 Å². The fraction of sp³-hybridized carbons (Fsp3) is 0.308. The van der Waals surface area contributed by atoms with E-state index in [9.17, 15) is 14.0 Å². The fourth-order valence-corrected chi connectivity index (χ4v) is 4.23. The second kappa shape index (κ2) is 10.0. The highest BCUT2D eigenvalue weighted by atomic mass is 19.1. The van der Waals surface area contributed by atoms with Gasteiger partial charge in [-0.2, -0.15) is 0 Å². The van der Waals surface area contributed by atoms with Gasteiger partial charge in [0.15, 0.2) is 12.4 Å². The van der Waals surface area contributed by atoms with Crippen molar-refractivity contribution in [3.63, 3.8) is 0 Å². The van der Waals surface area contributed by atoms with Crippen molar-refractivity contribution in [1.82, 2.24) is 14.4 Å². The summed E-state index contributed by atoms with van der Waals surface area (Å²) in [4.78, 5) is 29.4. The summed E-state index contributed by atoms with van der Waals surface area (Å²) >= 11 is 0. The molecular weight excluding hydrogens is 421 g/mol. The van der Waals surface area contributed by atoms with Crippen molar-refractivity contribution in [2.45, 2.75) is 13.8 Å². The van der Waals surface area contributed by atoms with E-state index in [0.29, 0.717) is 44.0 Å². The summed E-state index contributed by atoms with van der Waals surface area (Å²) in [7, 11) is 0. The van der Waals surface area contributed by atoms with E-state index in [1.54, 1.807) is 17.0 Å². The van der Waals surface area contributed by atoms with Gasteiger partial charge in [-0.15, -0.1) is 0 Å². The maximum absolute atomic E-state index is 13.3. The van der Waals surface area contributed by atoms with Crippen LogP contribution in [0.2, 0.25) is 0 Å². The van der Waals surface area contributed by atoms with Crippen LogP contribution in [-0.4, -0.2) is 65.4 Å². The predicted octanol–water partition coefficient (Wildman–Crippen LogP) is 3.64. The minimum Gasteiger partial charge on any atom is -0.484 e. The van der Waals surface area contributed by atoms with Crippen molar-refractivity contribution >= 4 is 11.7 Å². The average Bonchev–Trinajstić information content (AvgIpc) is 3.13. The van der Waals surface area contributed by atoms with Crippen LogP contribution >= 0.6 is 0 Å². The molecule has 0 radical (unpaired) electrons. The topological polar surface area (TPSA) is 54.8 Å². The number of rotatable bonds is 7. The molecule has 1 aromatic heterocycles. The Hall–Kier alpha value is -3.45. The van der Waals surface area contributed by atoms with Crippen LogP contribution in [0.15, 0.2) is 60.7 Å². The Kier molecular flexibility index (Phi) is 6.89. The molecule has 1 saturated heterocycles. The largest absolute Gasteiger partial charge is 0.484 e. The van der Waals surface area contributed by atoms with Crippen LogP contribution in [0.4, 0.5) is 4.39 Å². The van der Waals surface area contributed by atoms with Crippen molar-refractivity contribution in [2.75, 3.05) is 39.3 Å². The van der Waals surface area contributed by atoms with Crippen molar-refractivity contribution in [3.05, 3.63) is 83.4 Å². The number of piperazine rings is 1. The molecule has 0 aliphatic carbocycles. The normalized spacial score (nSPS) is 14.3. The molecular formula is C26H28FN3O3. The third kappa shape index (κ3) is 5.31. The van der Waals surface area contributed by atoms with E-state index in [4.69, 9.17) is 4.74 Å². The zero-order valence-electron chi connectivity index (χ0n) is 19.0. The minimum absolute atomic E-state index is 0.0122. The summed E-state index contributed by atoms with van der Waals surface area (Å²) in [5, 5.41) is 0. The monoisotopic (exact) mass is 449 g/mol. The Morgan fingerprint density at radius 1 is 0.939 bits per heavy atom. The van der Waals surface area contributed by atoms with Crippen LogP contribution in [0.3, 0.4) is 0 Å². The number of carbonyl (C=O) groups is 2. The van der Waals surface area contributed by atoms with Crippen molar-refractivity contribution in [3.8, 4) is 11.4 Å². The third-order valence-corrected chi connectivity index (χ3v) is 6.01. The lowest BCUT2D eigenvalue weighted by molar-refractivity contribution is -0.135. The van der Waals surface area contributed by atoms with Gasteiger partial charge in [0.2, 0.25) is 0 Å². The Balaban J connectivity index is 1.32. The Morgan fingerprint density at radius 2 is 1.61 bits per heavy atom. The molecule has 3 aromatic rings. The second-order valence-corrected chi connectivity index (χ2v) is 8.28. The van der Waals surface area contributed by atoms with E-state index in [-0.39, 0.29) is 24.1 Å². The van der Waals surface area contributed by atoms with E-state index in [0.717, 1.165) is 17.1 Å². The van der Waals surface area contributed by atoms with Gasteiger partial charge in [-0.3, -0.25) is 14.5 Å². The molecule has 0 atom stereocenters. The fourth-order valence-electron chi connectivity index (χ4n) is 4.23. The number of Topliss-reactive ketones (excluding diaryl/α,β-unsaturated/α-hetero) is 1. The smallest absolute Gasteiger partial charge is 0.260 e. The van der Waals surface area contributed by atoms with E-state index < -0.39 is 0 Å². The molecule has 1 aliphatic rings. The number of ketones is 1. The van der Waals surface area contributed by atoms with Crippen molar-refractivity contribution in [1.29, 1.82) is 0 Å². The van der Waals surface area contributed by atoms with Gasteiger partial charge in [0.05, 0.1) is 6.54 Å². The van der Waals surface area contributed by atoms with E-state index >= 15 is 0 Å². The van der Waals surface area contributed by atoms with Gasteiger partial charge in [0.25, 0.3) is 5.91 Å². The summed E-state index contributed by atoms with van der Waals surface area (Å²) < 4.78 is 20.8. The first kappa shape index (κ1) is 22.7. The maximum atomic E-state index is 13.3. The summed E-state index contributed by atoms with van der Waals surface area (Å²) in [5.41, 5.74) is 3.27. The van der Waals surface area contributed by atoms with E-state index in [1.165, 1.54) is 12.1 Å². The molecule has 6 nitrogen and oxygen atoms in total. The molecule has 0 unspecified atom stereocenters. The number of hydrogen-bond acceptors (Lipinski definition) is 4. The molecule has 7 heteroatoms. The first-order chi connectivity index (χ1) is 15.9. The molecule has 0 N–H and O–H groups in total. The number of para-hydroxylation sites is 1. The molecule has 0 bridgehead atoms. The summed E-state index contributed by atoms with van der Waals surface area (Å²) in [6.45, 7) is 6.58. The third-order valence-electron chi connectivity index (χ3n) is 6.01. The Bertz CT molecular complexity index is 1120. The number of aromatic nitrogens is 1. The number of ether oxygens (including phenoxy) is 1. The average molecular weight is 450 g/mol. The number of hydrogen-bond donors (Lipinski definition) is 0. The van der Waals surface area contributed by atoms with Crippen LogP contribution in [-0.2, 0) is 4.79 Å². The van der Waals surface area contributed by atoms with Gasteiger partial charge in [-0.1, -0.05) is 18.2 Å². The number of amides is 1. The van der Waals surface area contributed by atoms with Crippen LogP contribution in [0, 0.1) is 19.7 Å². The minimum atomic E-state index is -0.290. The first-order valence-corrected chi connectivity index (χ1v) is 11.1. The SMILES string of the molecule is Cc1cc(C(=O)CN2CCN(C(=O)COc3ccccc3)CC2)c(C)n1-c1ccc(F)cc1. The summed E-state index contributed by atoms with van der Waals surface area (Å²) in [6.07, 6.45) is 0. The second-order valence-electron chi connectivity index (χ2n) is 8.28. The van der Waals surface area contributed by atoms with Gasteiger partial charge < -0.3 is 14.2 Å². The Labute approximate surface area is 193 Å². The molecule has 1 fully saturated rings. The molecule has 0 spiro atoms. The van der Waals surface area contributed by atoms with Crippen LogP contribution in [0.1, 0.15) is 21.7 Å². The number of carbonyl (C=O) groups excluding carboxylic acids is 2. The van der Waals surface area contributed by atoms with Gasteiger partial charge >= 0.3 is 0 Å².